The van der Waals surface area contributed by atoms with Crippen molar-refractivity contribution in [1.29, 1.82) is 5.41 Å². The number of pyridine rings is 1. The van der Waals surface area contributed by atoms with Gasteiger partial charge in [-0.2, -0.15) is 0 Å². The molecule has 0 spiro atoms. The minimum absolute atomic E-state index is 0.393. The normalized spacial score (nSPS) is 14.7. The number of nitrogens with zero attached hydrogens (tertiary/aromatic N) is 2. The predicted octanol–water partition coefficient (Wildman–Crippen LogP) is 5.38. The smallest absolute Gasteiger partial charge is 0.148 e. The number of hydrogen-bond acceptors (Lipinski definition) is 2. The average Bonchev–Trinajstić information content (AvgIpc) is 2.57. The molecule has 0 unspecified atom stereocenters. The van der Waals surface area contributed by atoms with Crippen molar-refractivity contribution < 1.29 is 8.78 Å². The summed E-state index contributed by atoms with van der Waals surface area (Å²) in [5.41, 5.74) is 3.78. The van der Waals surface area contributed by atoms with Gasteiger partial charge in [-0.15, -0.1) is 0 Å². The average molecular weight is 341 g/mol. The molecule has 0 aliphatic carbocycles. The maximum Gasteiger partial charge on any atom is 0.148 e. The van der Waals surface area contributed by atoms with Crippen LogP contribution in [-0.2, 0) is 6.42 Å². The quantitative estimate of drug-likeness (QED) is 0.814. The Morgan fingerprint density at radius 1 is 1.24 bits per heavy atom. The topological polar surface area (TPSA) is 40.0 Å². The van der Waals surface area contributed by atoms with Gasteiger partial charge in [-0.05, 0) is 55.5 Å². The lowest BCUT2D eigenvalue weighted by molar-refractivity contribution is 0.612. The van der Waals surface area contributed by atoms with Crippen molar-refractivity contribution in [1.82, 2.24) is 4.98 Å². The fourth-order valence-electron chi connectivity index (χ4n) is 3.32. The first-order chi connectivity index (χ1) is 11.9. The third kappa shape index (κ3) is 3.06. The summed E-state index contributed by atoms with van der Waals surface area (Å²) >= 11 is 0. The first-order valence-electron chi connectivity index (χ1n) is 8.41. The summed E-state index contributed by atoms with van der Waals surface area (Å²) in [5, 5.41) is 8.22. The summed E-state index contributed by atoms with van der Waals surface area (Å²) in [6.07, 6.45) is 6.66. The van der Waals surface area contributed by atoms with E-state index in [4.69, 9.17) is 5.41 Å². The van der Waals surface area contributed by atoms with Crippen molar-refractivity contribution in [2.45, 2.75) is 40.0 Å². The monoisotopic (exact) mass is 341 g/mol. The van der Waals surface area contributed by atoms with Crippen LogP contribution in [0.3, 0.4) is 0 Å². The highest BCUT2D eigenvalue weighted by atomic mass is 19.1. The molecule has 5 heteroatoms. The molecule has 130 valence electrons. The first kappa shape index (κ1) is 17.3. The van der Waals surface area contributed by atoms with Gasteiger partial charge in [0.15, 0.2) is 0 Å². The summed E-state index contributed by atoms with van der Waals surface area (Å²) in [4.78, 5) is 5.57. The number of hydrogen-bond donors (Lipinski definition) is 1. The lowest BCUT2D eigenvalue weighted by Gasteiger charge is -2.33. The zero-order chi connectivity index (χ0) is 18.1. The second-order valence-corrected chi connectivity index (χ2v) is 6.30. The summed E-state index contributed by atoms with van der Waals surface area (Å²) in [6.45, 7) is 5.57. The molecule has 0 amide bonds. The highest BCUT2D eigenvalue weighted by Crippen LogP contribution is 2.37. The molecular formula is C20H21F2N3. The summed E-state index contributed by atoms with van der Waals surface area (Å²) in [6, 6.07) is 3.30. The zero-order valence-electron chi connectivity index (χ0n) is 14.7. The third-order valence-corrected chi connectivity index (χ3v) is 4.58. The van der Waals surface area contributed by atoms with Crippen LogP contribution in [0.2, 0.25) is 0 Å². The van der Waals surface area contributed by atoms with Gasteiger partial charge in [-0.1, -0.05) is 13.0 Å². The molecule has 25 heavy (non-hydrogen) atoms. The molecule has 3 nitrogen and oxygen atoms in total. The highest BCUT2D eigenvalue weighted by Gasteiger charge is 2.27. The van der Waals surface area contributed by atoms with E-state index in [1.165, 1.54) is 6.07 Å². The van der Waals surface area contributed by atoms with Crippen LogP contribution < -0.4 is 4.90 Å². The highest BCUT2D eigenvalue weighted by molar-refractivity contribution is 6.01. The molecule has 3 rings (SSSR count). The van der Waals surface area contributed by atoms with Crippen LogP contribution in [-0.4, -0.2) is 10.8 Å². The van der Waals surface area contributed by atoms with Gasteiger partial charge in [0.1, 0.15) is 17.5 Å². The lowest BCUT2D eigenvalue weighted by Crippen LogP contribution is -2.34. The molecule has 0 atom stereocenters. The van der Waals surface area contributed by atoms with E-state index < -0.39 is 11.6 Å². The number of nitrogens with one attached hydrogen (secondary N) is 1. The Morgan fingerprint density at radius 2 is 2.00 bits per heavy atom. The number of halogens is 2. The maximum absolute atomic E-state index is 15.0. The van der Waals surface area contributed by atoms with Gasteiger partial charge < -0.3 is 4.90 Å². The van der Waals surface area contributed by atoms with E-state index in [1.54, 1.807) is 18.0 Å². The Morgan fingerprint density at radius 3 is 2.72 bits per heavy atom. The number of rotatable bonds is 3. The maximum atomic E-state index is 15.0. The van der Waals surface area contributed by atoms with Crippen LogP contribution in [0.5, 0.6) is 0 Å². The van der Waals surface area contributed by atoms with Gasteiger partial charge in [0.05, 0.1) is 11.9 Å². The van der Waals surface area contributed by atoms with E-state index >= 15 is 0 Å². The summed E-state index contributed by atoms with van der Waals surface area (Å²) in [5.74, 6) is -0.407. The van der Waals surface area contributed by atoms with Gasteiger partial charge in [0, 0.05) is 23.9 Å². The first-order valence-corrected chi connectivity index (χ1v) is 8.41. The van der Waals surface area contributed by atoms with Gasteiger partial charge >= 0.3 is 0 Å². The largest absolute Gasteiger partial charge is 0.300 e. The number of aryl methyl sites for hydroxylation is 1. The van der Waals surface area contributed by atoms with Crippen LogP contribution in [0.25, 0.3) is 11.1 Å². The molecule has 1 aliphatic heterocycles. The second kappa shape index (κ2) is 6.75. The van der Waals surface area contributed by atoms with Crippen LogP contribution in [0.15, 0.2) is 36.3 Å². The number of amidine groups is 1. The second-order valence-electron chi connectivity index (χ2n) is 6.30. The molecular weight excluding hydrogens is 320 g/mol. The van der Waals surface area contributed by atoms with E-state index in [0.29, 0.717) is 41.1 Å². The third-order valence-electron chi connectivity index (χ3n) is 4.58. The van der Waals surface area contributed by atoms with Gasteiger partial charge in [0.2, 0.25) is 0 Å². The summed E-state index contributed by atoms with van der Waals surface area (Å²) < 4.78 is 28.8. The Balaban J connectivity index is 2.16. The van der Waals surface area contributed by atoms with E-state index in [1.807, 2.05) is 26.0 Å². The standard InChI is InChI=1S/C20H21F2N3/c1-4-5-12(2)25-19(23)7-6-14-8-15(9-17(21)20(14)25)16-10-24-11-18(22)13(16)3/h5,8-11,23H,4,6-7H2,1-3H3/b12-5-,23-19?. The SMILES string of the molecule is CC/C=C(/C)N1C(=N)CCc2cc(-c3cncc(F)c3C)cc(F)c21. The van der Waals surface area contributed by atoms with Crippen molar-refractivity contribution in [3.8, 4) is 11.1 Å². The molecule has 1 aromatic carbocycles. The van der Waals surface area contributed by atoms with Crippen LogP contribution in [0.1, 0.15) is 37.8 Å². The molecule has 2 heterocycles. The van der Waals surface area contributed by atoms with Crippen molar-refractivity contribution in [3.05, 3.63) is 59.1 Å². The molecule has 0 saturated carbocycles. The van der Waals surface area contributed by atoms with Crippen molar-refractivity contribution >= 4 is 11.5 Å². The minimum atomic E-state index is -0.402. The van der Waals surface area contributed by atoms with Gasteiger partial charge in [-0.25, -0.2) is 8.78 Å². The molecule has 1 aromatic heterocycles. The lowest BCUT2D eigenvalue weighted by atomic mass is 9.94. The molecule has 1 N–H and O–H groups in total. The van der Waals surface area contributed by atoms with E-state index in [0.717, 1.165) is 23.9 Å². The fourth-order valence-corrected chi connectivity index (χ4v) is 3.32. The summed E-state index contributed by atoms with van der Waals surface area (Å²) in [7, 11) is 0. The number of anilines is 1. The van der Waals surface area contributed by atoms with Crippen LogP contribution >= 0.6 is 0 Å². The van der Waals surface area contributed by atoms with Gasteiger partial charge in [-0.3, -0.25) is 10.4 Å². The van der Waals surface area contributed by atoms with Crippen LogP contribution in [0, 0.1) is 24.0 Å². The van der Waals surface area contributed by atoms with Crippen molar-refractivity contribution in [3.63, 3.8) is 0 Å². The van der Waals surface area contributed by atoms with E-state index in [9.17, 15) is 8.78 Å². The molecule has 0 bridgehead atoms. The number of allylic oxidation sites excluding steroid dienone is 2. The van der Waals surface area contributed by atoms with Gasteiger partial charge in [0.25, 0.3) is 0 Å². The van der Waals surface area contributed by atoms with E-state index in [-0.39, 0.29) is 0 Å². The zero-order valence-corrected chi connectivity index (χ0v) is 14.7. The number of fused-ring (bicyclic) bond motifs is 1. The minimum Gasteiger partial charge on any atom is -0.300 e. The van der Waals surface area contributed by atoms with Crippen molar-refractivity contribution in [2.24, 2.45) is 0 Å². The Kier molecular flexibility index (Phi) is 4.66. The Bertz CT molecular complexity index is 871. The van der Waals surface area contributed by atoms with Crippen molar-refractivity contribution in [2.75, 3.05) is 4.90 Å². The predicted molar refractivity (Wildman–Crippen MR) is 96.9 cm³/mol. The molecule has 2 aromatic rings. The number of aromatic nitrogens is 1. The Hall–Kier alpha value is -2.56. The molecule has 0 radical (unpaired) electrons. The molecule has 1 aliphatic rings. The molecule has 0 saturated heterocycles. The van der Waals surface area contributed by atoms with E-state index in [2.05, 4.69) is 4.98 Å². The fraction of sp³-hybridized carbons (Fsp3) is 0.300. The van der Waals surface area contributed by atoms with Crippen LogP contribution in [0.4, 0.5) is 14.5 Å². The number of benzene rings is 1. The Labute approximate surface area is 146 Å². The molecule has 0 fully saturated rings.